The molecule has 2 aromatic rings. The van der Waals surface area contributed by atoms with Crippen LogP contribution in [0.5, 0.6) is 0 Å². The van der Waals surface area contributed by atoms with Crippen molar-refractivity contribution >= 4 is 29.3 Å². The molecule has 1 heterocycles. The van der Waals surface area contributed by atoms with Crippen LogP contribution in [0, 0.1) is 0 Å². The highest BCUT2D eigenvalue weighted by atomic mass is 32.1. The predicted molar refractivity (Wildman–Crippen MR) is 108 cm³/mol. The fraction of sp³-hybridized carbons (Fsp3) is 0.190. The fourth-order valence-corrected chi connectivity index (χ4v) is 3.31. The molecule has 0 fully saturated rings. The molecule has 0 spiro atoms. The molecule has 2 N–H and O–H groups in total. The van der Waals surface area contributed by atoms with Gasteiger partial charge in [-0.05, 0) is 36.3 Å². The van der Waals surface area contributed by atoms with Crippen molar-refractivity contribution in [2.24, 2.45) is 0 Å². The first-order chi connectivity index (χ1) is 13.5. The highest BCUT2D eigenvalue weighted by Crippen LogP contribution is 2.30. The number of hydrogen-bond donors (Lipinski definition) is 2. The van der Waals surface area contributed by atoms with E-state index in [0.717, 1.165) is 5.56 Å². The van der Waals surface area contributed by atoms with E-state index in [1.807, 2.05) is 30.3 Å². The average molecular weight is 396 g/mol. The van der Waals surface area contributed by atoms with Crippen molar-refractivity contribution in [2.75, 3.05) is 7.11 Å². The van der Waals surface area contributed by atoms with E-state index in [9.17, 15) is 9.59 Å². The lowest BCUT2D eigenvalue weighted by Crippen LogP contribution is -2.45. The number of nitrogens with one attached hydrogen (secondary N) is 2. The summed E-state index contributed by atoms with van der Waals surface area (Å²) in [5, 5.41) is 6.38. The Morgan fingerprint density at radius 1 is 1.04 bits per heavy atom. The van der Waals surface area contributed by atoms with Gasteiger partial charge >= 0.3 is 11.9 Å². The summed E-state index contributed by atoms with van der Waals surface area (Å²) in [5.41, 5.74) is 2.76. The van der Waals surface area contributed by atoms with Crippen molar-refractivity contribution in [1.82, 2.24) is 10.6 Å². The van der Waals surface area contributed by atoms with Crippen molar-refractivity contribution in [3.63, 3.8) is 0 Å². The van der Waals surface area contributed by atoms with Gasteiger partial charge in [-0.25, -0.2) is 9.59 Å². The van der Waals surface area contributed by atoms with Crippen molar-refractivity contribution < 1.29 is 19.1 Å². The monoisotopic (exact) mass is 396 g/mol. The maximum atomic E-state index is 12.9. The molecule has 0 saturated heterocycles. The van der Waals surface area contributed by atoms with Crippen LogP contribution in [0.15, 0.2) is 65.9 Å². The Morgan fingerprint density at radius 3 is 2.43 bits per heavy atom. The van der Waals surface area contributed by atoms with Crippen LogP contribution in [-0.2, 0) is 20.9 Å². The molecule has 1 aliphatic rings. The van der Waals surface area contributed by atoms with Crippen LogP contribution < -0.4 is 10.6 Å². The third-order valence-electron chi connectivity index (χ3n) is 4.38. The second-order valence-electron chi connectivity index (χ2n) is 6.21. The molecule has 0 radical (unpaired) electrons. The number of esters is 2. The van der Waals surface area contributed by atoms with Gasteiger partial charge in [-0.3, -0.25) is 0 Å². The average Bonchev–Trinajstić information content (AvgIpc) is 2.71. The smallest absolute Gasteiger partial charge is 0.338 e. The second kappa shape index (κ2) is 8.67. The lowest BCUT2D eigenvalue weighted by molar-refractivity contribution is -0.140. The van der Waals surface area contributed by atoms with E-state index in [2.05, 4.69) is 10.6 Å². The van der Waals surface area contributed by atoms with Crippen LogP contribution in [0.25, 0.3) is 0 Å². The molecule has 0 aromatic heterocycles. The standard InChI is InChI=1S/C21H20N2O4S/c1-13-17(20(25)27-12-14-8-4-3-5-9-14)18(23-21(28)22-13)15-10-6-7-11-16(15)19(24)26-2/h3-11,18H,12H2,1-2H3,(H2,22,23,28). The molecular weight excluding hydrogens is 376 g/mol. The summed E-state index contributed by atoms with van der Waals surface area (Å²) in [5.74, 6) is -0.981. The van der Waals surface area contributed by atoms with Crippen molar-refractivity contribution in [1.29, 1.82) is 0 Å². The van der Waals surface area contributed by atoms with Gasteiger partial charge in [0.25, 0.3) is 0 Å². The summed E-state index contributed by atoms with van der Waals surface area (Å²) in [6.45, 7) is 1.90. The molecular formula is C21H20N2O4S. The second-order valence-corrected chi connectivity index (χ2v) is 6.62. The molecule has 1 aliphatic heterocycles. The molecule has 0 bridgehead atoms. The highest BCUT2D eigenvalue weighted by Gasteiger charge is 2.33. The first kappa shape index (κ1) is 19.6. The summed E-state index contributed by atoms with van der Waals surface area (Å²) in [6, 6.07) is 15.7. The maximum absolute atomic E-state index is 12.9. The number of carbonyl (C=O) groups is 2. The number of ether oxygens (including phenoxy) is 2. The lowest BCUT2D eigenvalue weighted by Gasteiger charge is -2.30. The first-order valence-corrected chi connectivity index (χ1v) is 9.08. The van der Waals surface area contributed by atoms with Crippen molar-refractivity contribution in [3.8, 4) is 0 Å². The van der Waals surface area contributed by atoms with Crippen LogP contribution in [0.3, 0.4) is 0 Å². The third kappa shape index (κ3) is 4.20. The van der Waals surface area contributed by atoms with Crippen LogP contribution in [0.1, 0.15) is 34.5 Å². The lowest BCUT2D eigenvalue weighted by atomic mass is 9.92. The van der Waals surface area contributed by atoms with Crippen LogP contribution >= 0.6 is 12.2 Å². The normalized spacial score (nSPS) is 16.1. The van der Waals surface area contributed by atoms with Gasteiger partial charge in [0.2, 0.25) is 0 Å². The Kier molecular flexibility index (Phi) is 6.06. The van der Waals surface area contributed by atoms with E-state index in [1.165, 1.54) is 7.11 Å². The minimum atomic E-state index is -0.632. The largest absolute Gasteiger partial charge is 0.465 e. The van der Waals surface area contributed by atoms with Gasteiger partial charge in [0.1, 0.15) is 6.61 Å². The maximum Gasteiger partial charge on any atom is 0.338 e. The van der Waals surface area contributed by atoms with Crippen molar-refractivity contribution in [3.05, 3.63) is 82.6 Å². The molecule has 3 rings (SSSR count). The van der Waals surface area contributed by atoms with Gasteiger partial charge in [0, 0.05) is 5.70 Å². The van der Waals surface area contributed by atoms with E-state index < -0.39 is 18.0 Å². The zero-order chi connectivity index (χ0) is 20.1. The van der Waals surface area contributed by atoms with Gasteiger partial charge in [0.15, 0.2) is 5.11 Å². The summed E-state index contributed by atoms with van der Waals surface area (Å²) >= 11 is 5.25. The van der Waals surface area contributed by atoms with Crippen molar-refractivity contribution in [2.45, 2.75) is 19.6 Å². The molecule has 0 saturated carbocycles. The number of carbonyl (C=O) groups excluding carboxylic acids is 2. The van der Waals surface area contributed by atoms with Crippen LogP contribution in [0.2, 0.25) is 0 Å². The Hall–Kier alpha value is -3.19. The number of allylic oxidation sites excluding steroid dienone is 1. The minimum absolute atomic E-state index is 0.145. The van der Waals surface area contributed by atoms with E-state index in [1.54, 1.807) is 31.2 Å². The highest BCUT2D eigenvalue weighted by molar-refractivity contribution is 7.80. The van der Waals surface area contributed by atoms with E-state index in [4.69, 9.17) is 21.7 Å². The topological polar surface area (TPSA) is 76.7 Å². The van der Waals surface area contributed by atoms with E-state index in [-0.39, 0.29) is 6.61 Å². The quantitative estimate of drug-likeness (QED) is 0.594. The van der Waals surface area contributed by atoms with Gasteiger partial charge < -0.3 is 20.1 Å². The summed E-state index contributed by atoms with van der Waals surface area (Å²) in [6.07, 6.45) is 0. The summed E-state index contributed by atoms with van der Waals surface area (Å²) in [4.78, 5) is 25.1. The molecule has 28 heavy (non-hydrogen) atoms. The Bertz CT molecular complexity index is 940. The molecule has 0 amide bonds. The summed E-state index contributed by atoms with van der Waals surface area (Å²) < 4.78 is 10.4. The molecule has 2 aromatic carbocycles. The number of methoxy groups -OCH3 is 1. The third-order valence-corrected chi connectivity index (χ3v) is 4.60. The van der Waals surface area contributed by atoms with Gasteiger partial charge in [0.05, 0.1) is 24.3 Å². The Labute approximate surface area is 168 Å². The Balaban J connectivity index is 1.93. The van der Waals surface area contributed by atoms with Gasteiger partial charge in [-0.2, -0.15) is 0 Å². The summed E-state index contributed by atoms with van der Waals surface area (Å²) in [7, 11) is 1.32. The van der Waals surface area contributed by atoms with Gasteiger partial charge in [-0.15, -0.1) is 0 Å². The molecule has 0 aliphatic carbocycles. The molecule has 7 heteroatoms. The van der Waals surface area contributed by atoms with E-state index >= 15 is 0 Å². The SMILES string of the molecule is COC(=O)c1ccccc1C1NC(=S)NC(C)=C1C(=O)OCc1ccccc1. The zero-order valence-electron chi connectivity index (χ0n) is 15.5. The molecule has 144 valence electrons. The van der Waals surface area contributed by atoms with E-state index in [0.29, 0.717) is 27.5 Å². The fourth-order valence-electron chi connectivity index (χ4n) is 3.04. The Morgan fingerprint density at radius 2 is 1.71 bits per heavy atom. The zero-order valence-corrected chi connectivity index (χ0v) is 16.3. The number of benzene rings is 2. The molecule has 1 unspecified atom stereocenters. The molecule has 6 nitrogen and oxygen atoms in total. The number of rotatable bonds is 5. The predicted octanol–water partition coefficient (Wildman–Crippen LogP) is 3.01. The number of hydrogen-bond acceptors (Lipinski definition) is 5. The van der Waals surface area contributed by atoms with Crippen LogP contribution in [0.4, 0.5) is 0 Å². The van der Waals surface area contributed by atoms with Gasteiger partial charge in [-0.1, -0.05) is 48.5 Å². The number of thiocarbonyl (C=S) groups is 1. The molecule has 1 atom stereocenters. The van der Waals surface area contributed by atoms with Crippen LogP contribution in [-0.4, -0.2) is 24.2 Å². The minimum Gasteiger partial charge on any atom is -0.465 e. The first-order valence-electron chi connectivity index (χ1n) is 8.68.